The Balaban J connectivity index is 2.46. The van der Waals surface area contributed by atoms with Crippen LogP contribution in [0.5, 0.6) is 0 Å². The van der Waals surface area contributed by atoms with E-state index in [1.54, 1.807) is 0 Å². The van der Waals surface area contributed by atoms with Gasteiger partial charge in [-0.1, -0.05) is 22.9 Å². The number of benzene rings is 1. The van der Waals surface area contributed by atoms with Gasteiger partial charge in [0.05, 0.1) is 5.38 Å². The van der Waals surface area contributed by atoms with Crippen molar-refractivity contribution in [2.24, 2.45) is 0 Å². The Bertz CT molecular complexity index is 513. The van der Waals surface area contributed by atoms with Crippen molar-refractivity contribution in [3.05, 3.63) is 31.8 Å². The molecule has 0 bridgehead atoms. The molecule has 0 aliphatic rings. The second kappa shape index (κ2) is 5.16. The first kappa shape index (κ1) is 12.5. The van der Waals surface area contributed by atoms with E-state index in [1.807, 2.05) is 25.1 Å². The molecule has 16 heavy (non-hydrogen) atoms. The van der Waals surface area contributed by atoms with E-state index < -0.39 is 0 Å². The smallest absolute Gasteiger partial charge is 0.142 e. The Labute approximate surface area is 121 Å². The van der Waals surface area contributed by atoms with Crippen molar-refractivity contribution < 1.29 is 0 Å². The van der Waals surface area contributed by atoms with E-state index in [0.29, 0.717) is 5.02 Å². The Morgan fingerprint density at radius 3 is 2.75 bits per heavy atom. The molecule has 1 unspecified atom stereocenters. The van der Waals surface area contributed by atoms with Gasteiger partial charge in [0.2, 0.25) is 0 Å². The minimum atomic E-state index is -0.108. The quantitative estimate of drug-likeness (QED) is 0.550. The van der Waals surface area contributed by atoms with E-state index in [4.69, 9.17) is 23.2 Å². The minimum absolute atomic E-state index is 0.108. The zero-order valence-electron chi connectivity index (χ0n) is 8.25. The molecule has 2 nitrogen and oxygen atoms in total. The van der Waals surface area contributed by atoms with Crippen LogP contribution in [0.1, 0.15) is 17.3 Å². The lowest BCUT2D eigenvalue weighted by Gasteiger charge is -2.00. The van der Waals surface area contributed by atoms with Crippen LogP contribution in [0.2, 0.25) is 5.02 Å². The molecule has 1 aromatic heterocycles. The van der Waals surface area contributed by atoms with Crippen LogP contribution in [-0.4, -0.2) is 10.2 Å². The van der Waals surface area contributed by atoms with Gasteiger partial charge in [-0.05, 0) is 47.7 Å². The second-order valence-corrected chi connectivity index (χ2v) is 6.45. The molecule has 0 fully saturated rings. The molecule has 0 spiro atoms. The maximum Gasteiger partial charge on any atom is 0.148 e. The van der Waals surface area contributed by atoms with Crippen molar-refractivity contribution >= 4 is 57.1 Å². The molecule has 1 aromatic carbocycles. The fourth-order valence-electron chi connectivity index (χ4n) is 1.17. The predicted molar refractivity (Wildman–Crippen MR) is 77.3 cm³/mol. The van der Waals surface area contributed by atoms with Crippen LogP contribution in [-0.2, 0) is 0 Å². The highest BCUT2D eigenvalue weighted by Gasteiger charge is 2.13. The summed E-state index contributed by atoms with van der Waals surface area (Å²) in [5.41, 5.74) is 1.01. The van der Waals surface area contributed by atoms with Crippen molar-refractivity contribution in [2.45, 2.75) is 12.3 Å². The van der Waals surface area contributed by atoms with E-state index in [-0.39, 0.29) is 5.38 Å². The molecule has 0 radical (unpaired) electrons. The van der Waals surface area contributed by atoms with Gasteiger partial charge >= 0.3 is 0 Å². The highest BCUT2D eigenvalue weighted by Crippen LogP contribution is 2.33. The summed E-state index contributed by atoms with van der Waals surface area (Å²) < 4.78 is 1.10. The van der Waals surface area contributed by atoms with Crippen LogP contribution in [0, 0.1) is 3.57 Å². The Kier molecular flexibility index (Phi) is 4.05. The Hall–Kier alpha value is 0.0900. The Morgan fingerprint density at radius 2 is 2.12 bits per heavy atom. The Morgan fingerprint density at radius 1 is 1.38 bits per heavy atom. The normalized spacial score (nSPS) is 12.8. The maximum atomic E-state index is 5.96. The summed E-state index contributed by atoms with van der Waals surface area (Å²) in [6, 6.07) is 5.72. The van der Waals surface area contributed by atoms with E-state index in [9.17, 15) is 0 Å². The lowest BCUT2D eigenvalue weighted by molar-refractivity contribution is 0.962. The molecule has 2 rings (SSSR count). The zero-order valence-corrected chi connectivity index (χ0v) is 12.7. The first-order valence-corrected chi connectivity index (χ1v) is 7.22. The van der Waals surface area contributed by atoms with Gasteiger partial charge in [-0.3, -0.25) is 0 Å². The number of alkyl halides is 1. The average molecular weight is 385 g/mol. The van der Waals surface area contributed by atoms with E-state index in [2.05, 4.69) is 32.8 Å². The van der Waals surface area contributed by atoms with Crippen molar-refractivity contribution in [3.63, 3.8) is 0 Å². The van der Waals surface area contributed by atoms with Gasteiger partial charge in [0.1, 0.15) is 10.0 Å². The second-order valence-electron chi connectivity index (χ2n) is 3.19. The van der Waals surface area contributed by atoms with Gasteiger partial charge in [0.25, 0.3) is 0 Å². The van der Waals surface area contributed by atoms with Crippen molar-refractivity contribution in [3.8, 4) is 10.6 Å². The highest BCUT2D eigenvalue weighted by molar-refractivity contribution is 14.1. The molecule has 0 aliphatic carbocycles. The van der Waals surface area contributed by atoms with Crippen molar-refractivity contribution in [2.75, 3.05) is 0 Å². The summed E-state index contributed by atoms with van der Waals surface area (Å²) in [6.45, 7) is 1.88. The minimum Gasteiger partial charge on any atom is -0.142 e. The third kappa shape index (κ3) is 2.67. The summed E-state index contributed by atoms with van der Waals surface area (Å²) in [5, 5.41) is 10.5. The average Bonchev–Trinajstić information content (AvgIpc) is 2.70. The summed E-state index contributed by atoms with van der Waals surface area (Å²) >= 11 is 15.7. The van der Waals surface area contributed by atoms with Crippen LogP contribution < -0.4 is 0 Å². The lowest BCUT2D eigenvalue weighted by Crippen LogP contribution is -1.82. The molecule has 1 atom stereocenters. The van der Waals surface area contributed by atoms with Crippen molar-refractivity contribution in [1.82, 2.24) is 10.2 Å². The van der Waals surface area contributed by atoms with Crippen LogP contribution in [0.3, 0.4) is 0 Å². The fourth-order valence-corrected chi connectivity index (χ4v) is 3.09. The molecule has 84 valence electrons. The number of hydrogen-bond acceptors (Lipinski definition) is 3. The summed E-state index contributed by atoms with van der Waals surface area (Å²) in [6.07, 6.45) is 0. The summed E-state index contributed by atoms with van der Waals surface area (Å²) in [5.74, 6) is 0. The topological polar surface area (TPSA) is 25.8 Å². The molecule has 1 heterocycles. The van der Waals surface area contributed by atoms with Gasteiger partial charge in [-0.2, -0.15) is 0 Å². The SMILES string of the molecule is CC(Cl)c1nnc(-c2cc(Cl)ccc2I)s1. The van der Waals surface area contributed by atoms with Crippen LogP contribution >= 0.6 is 57.1 Å². The number of nitrogens with zero attached hydrogens (tertiary/aromatic N) is 2. The van der Waals surface area contributed by atoms with E-state index in [0.717, 1.165) is 19.1 Å². The molecule has 0 amide bonds. The molecule has 0 N–H and O–H groups in total. The molecule has 0 aliphatic heterocycles. The number of hydrogen-bond donors (Lipinski definition) is 0. The molecule has 2 aromatic rings. The summed E-state index contributed by atoms with van der Waals surface area (Å²) in [7, 11) is 0. The largest absolute Gasteiger partial charge is 0.148 e. The molecular formula is C10H7Cl2IN2S. The first-order valence-electron chi connectivity index (χ1n) is 4.51. The van der Waals surface area contributed by atoms with Crippen LogP contribution in [0.4, 0.5) is 0 Å². The number of rotatable bonds is 2. The lowest BCUT2D eigenvalue weighted by atomic mass is 10.2. The fraction of sp³-hybridized carbons (Fsp3) is 0.200. The van der Waals surface area contributed by atoms with Gasteiger partial charge in [-0.25, -0.2) is 0 Å². The van der Waals surface area contributed by atoms with Gasteiger partial charge in [0.15, 0.2) is 0 Å². The van der Waals surface area contributed by atoms with Crippen molar-refractivity contribution in [1.29, 1.82) is 0 Å². The van der Waals surface area contributed by atoms with E-state index in [1.165, 1.54) is 11.3 Å². The van der Waals surface area contributed by atoms with Gasteiger partial charge in [0, 0.05) is 14.2 Å². The standard InChI is InChI=1S/C10H7Cl2IN2S/c1-5(11)9-14-15-10(16-9)7-4-6(12)2-3-8(7)13/h2-5H,1H3. The maximum absolute atomic E-state index is 5.96. The third-order valence-electron chi connectivity index (χ3n) is 1.94. The van der Waals surface area contributed by atoms with Gasteiger partial charge < -0.3 is 0 Å². The van der Waals surface area contributed by atoms with Gasteiger partial charge in [-0.15, -0.1) is 21.8 Å². The molecule has 0 saturated carbocycles. The molecular weight excluding hydrogens is 378 g/mol. The summed E-state index contributed by atoms with van der Waals surface area (Å²) in [4.78, 5) is 0. The molecule has 6 heteroatoms. The third-order valence-corrected chi connectivity index (χ3v) is 4.59. The zero-order chi connectivity index (χ0) is 11.7. The van der Waals surface area contributed by atoms with Crippen LogP contribution in [0.15, 0.2) is 18.2 Å². The monoisotopic (exact) mass is 384 g/mol. The first-order chi connectivity index (χ1) is 7.58. The van der Waals surface area contributed by atoms with E-state index >= 15 is 0 Å². The number of aromatic nitrogens is 2. The highest BCUT2D eigenvalue weighted by atomic mass is 127. The number of halogens is 3. The van der Waals surface area contributed by atoms with Crippen LogP contribution in [0.25, 0.3) is 10.6 Å². The predicted octanol–water partition coefficient (Wildman–Crippen LogP) is 4.76. The molecule has 0 saturated heterocycles.